The number of phenols is 1. The highest BCUT2D eigenvalue weighted by Gasteiger charge is 2.47. The summed E-state index contributed by atoms with van der Waals surface area (Å²) in [7, 11) is 0. The fraction of sp³-hybridized carbons (Fsp3) is 0.478. The van der Waals surface area contributed by atoms with Crippen LogP contribution in [0.15, 0.2) is 84.7 Å². The van der Waals surface area contributed by atoms with E-state index >= 15 is 0 Å². The number of unbranched alkanes of at least 4 members (excludes halogenated alkanes) is 4. The van der Waals surface area contributed by atoms with Gasteiger partial charge >= 0.3 is 0 Å². The average molecular weight is 748 g/mol. The molecule has 1 aliphatic carbocycles. The molecule has 8 rings (SSSR count). The number of nitrogens with one attached hydrogen (secondary N) is 1. The smallest absolute Gasteiger partial charge is 0.161 e. The van der Waals surface area contributed by atoms with Crippen LogP contribution in [-0.2, 0) is 34.3 Å². The molecular weight excluding hydrogens is 691 g/mol. The quantitative estimate of drug-likeness (QED) is 0.120. The molecule has 9 heteroatoms. The zero-order valence-electron chi connectivity index (χ0n) is 31.9. The molecule has 0 radical (unpaired) electrons. The molecule has 1 fully saturated rings. The largest absolute Gasteiger partial charge is 0.504 e. The van der Waals surface area contributed by atoms with E-state index in [1.807, 2.05) is 18.2 Å². The minimum Gasteiger partial charge on any atom is -0.504 e. The van der Waals surface area contributed by atoms with Crippen LogP contribution in [0, 0.1) is 5.92 Å². The van der Waals surface area contributed by atoms with Gasteiger partial charge in [-0.25, -0.2) is 0 Å². The lowest BCUT2D eigenvalue weighted by Crippen LogP contribution is -2.47. The Morgan fingerprint density at radius 1 is 0.927 bits per heavy atom. The molecule has 0 spiro atoms. The number of benzene rings is 3. The first-order chi connectivity index (χ1) is 26.9. The number of dihydropyridines is 1. The van der Waals surface area contributed by atoms with E-state index < -0.39 is 6.10 Å². The van der Waals surface area contributed by atoms with Crippen molar-refractivity contribution in [1.82, 2.24) is 9.88 Å². The maximum absolute atomic E-state index is 11.3. The van der Waals surface area contributed by atoms with E-state index in [-0.39, 0.29) is 36.6 Å². The standard InChI is InChI=1S/C46H57N3O6/c47-44-18-14-33-28-54-39(9-4-2-1-3-7-20-50)25-38(51)16-11-31-12-17-42(52)43(22-31)55-29-35-24-37(23-34-26-49(27-40(34)35)45(33)48-44)46-19-21-53-30-36(46)15-13-32-8-5-6-10-41(32)46/h5-6,8,10,12,14,17-18,22-24,26-27,36,38-39,44,48,50-52H,1-4,7,9,11,13,15-16,19-21,25,28-30,47H2/t36-,38-,39+,44?,46-/m1/s1. The van der Waals surface area contributed by atoms with E-state index in [1.54, 1.807) is 6.07 Å². The van der Waals surface area contributed by atoms with Crippen LogP contribution < -0.4 is 15.8 Å². The van der Waals surface area contributed by atoms with E-state index in [2.05, 4.69) is 64.8 Å². The number of phenolic OH excluding ortho intramolecular Hbond substituents is 1. The summed E-state index contributed by atoms with van der Waals surface area (Å²) < 4.78 is 21.5. The molecule has 0 saturated carbocycles. The number of hydrogen-bond acceptors (Lipinski definition) is 8. The third-order valence-corrected chi connectivity index (χ3v) is 12.5. The van der Waals surface area contributed by atoms with Crippen LogP contribution in [0.1, 0.15) is 92.0 Å². The van der Waals surface area contributed by atoms with Gasteiger partial charge in [0.1, 0.15) is 12.4 Å². The molecule has 1 aromatic heterocycles. The monoisotopic (exact) mass is 747 g/mol. The Kier molecular flexibility index (Phi) is 11.6. The molecule has 0 amide bonds. The van der Waals surface area contributed by atoms with Crippen molar-refractivity contribution in [2.24, 2.45) is 11.7 Å². The molecule has 5 atom stereocenters. The van der Waals surface area contributed by atoms with Crippen molar-refractivity contribution in [3.63, 3.8) is 0 Å². The van der Waals surface area contributed by atoms with Crippen molar-refractivity contribution in [3.05, 3.63) is 113 Å². The van der Waals surface area contributed by atoms with Gasteiger partial charge in [0.05, 0.1) is 31.6 Å². The summed E-state index contributed by atoms with van der Waals surface area (Å²) in [6.45, 7) is 2.34. The Labute approximate surface area is 324 Å². The molecule has 3 aromatic carbocycles. The lowest BCUT2D eigenvalue weighted by atomic mass is 9.57. The van der Waals surface area contributed by atoms with E-state index in [0.717, 1.165) is 97.7 Å². The number of fused-ring (bicyclic) bond motifs is 7. The first kappa shape index (κ1) is 37.8. The van der Waals surface area contributed by atoms with Crippen LogP contribution in [-0.4, -0.2) is 64.7 Å². The molecule has 4 aliphatic rings. The van der Waals surface area contributed by atoms with E-state index in [9.17, 15) is 15.3 Å². The number of aromatic hydroxyl groups is 1. The summed E-state index contributed by atoms with van der Waals surface area (Å²) >= 11 is 0. The second kappa shape index (κ2) is 16.9. The van der Waals surface area contributed by atoms with Crippen LogP contribution >= 0.6 is 0 Å². The van der Waals surface area contributed by atoms with Crippen molar-refractivity contribution >= 4 is 16.6 Å². The van der Waals surface area contributed by atoms with Crippen molar-refractivity contribution in [2.75, 3.05) is 26.4 Å². The molecule has 4 bridgehead atoms. The molecule has 1 saturated heterocycles. The number of hydrogen-bond donors (Lipinski definition) is 5. The zero-order valence-corrected chi connectivity index (χ0v) is 31.9. The predicted molar refractivity (Wildman–Crippen MR) is 216 cm³/mol. The van der Waals surface area contributed by atoms with E-state index in [4.69, 9.17) is 19.9 Å². The molecule has 1 unspecified atom stereocenters. The van der Waals surface area contributed by atoms with Gasteiger partial charge in [-0.15, -0.1) is 0 Å². The van der Waals surface area contributed by atoms with Gasteiger partial charge in [-0.3, -0.25) is 0 Å². The summed E-state index contributed by atoms with van der Waals surface area (Å²) in [5.74, 6) is 1.77. The van der Waals surface area contributed by atoms with Gasteiger partial charge in [0, 0.05) is 47.4 Å². The molecule has 292 valence electrons. The highest BCUT2D eigenvalue weighted by molar-refractivity contribution is 5.88. The molecule has 3 aliphatic heterocycles. The van der Waals surface area contributed by atoms with Crippen molar-refractivity contribution in [2.45, 2.75) is 107 Å². The Morgan fingerprint density at radius 2 is 1.80 bits per heavy atom. The number of aliphatic hydroxyl groups is 2. The fourth-order valence-electron chi connectivity index (χ4n) is 9.55. The van der Waals surface area contributed by atoms with Gasteiger partial charge in [0.2, 0.25) is 0 Å². The van der Waals surface area contributed by atoms with Gasteiger partial charge in [0.25, 0.3) is 0 Å². The SMILES string of the molecule is NC1C=CC2=C(N1)n1cc3cc([C@@]45CCOC[C@H]4CCc4ccccc45)cc(c3c1)COc1cc(ccc1O)CC[C@@H](O)C[C@H](CCCCCCCO)OC2. The summed E-state index contributed by atoms with van der Waals surface area (Å²) in [6.07, 6.45) is 18.0. The van der Waals surface area contributed by atoms with Crippen molar-refractivity contribution in [1.29, 1.82) is 0 Å². The number of nitrogens with two attached hydrogens (primary N) is 1. The normalized spacial score (nSPS) is 25.7. The second-order valence-electron chi connectivity index (χ2n) is 16.1. The predicted octanol–water partition coefficient (Wildman–Crippen LogP) is 7.22. The number of aryl methyl sites for hydroxylation is 2. The zero-order chi connectivity index (χ0) is 37.8. The fourth-order valence-corrected chi connectivity index (χ4v) is 9.55. The van der Waals surface area contributed by atoms with Crippen LogP contribution in [0.4, 0.5) is 0 Å². The third kappa shape index (κ3) is 8.09. The topological polar surface area (TPSA) is 131 Å². The van der Waals surface area contributed by atoms with E-state index in [0.29, 0.717) is 44.1 Å². The second-order valence-corrected chi connectivity index (χ2v) is 16.1. The lowest BCUT2D eigenvalue weighted by Gasteiger charge is -2.49. The summed E-state index contributed by atoms with van der Waals surface area (Å²) in [5, 5.41) is 37.1. The highest BCUT2D eigenvalue weighted by Crippen LogP contribution is 2.51. The van der Waals surface area contributed by atoms with Crippen LogP contribution in [0.25, 0.3) is 16.6 Å². The number of rotatable bonds is 8. The minimum atomic E-state index is -0.542. The number of ether oxygens (including phenoxy) is 3. The molecular formula is C46H57N3O6. The number of aromatic nitrogens is 1. The summed E-state index contributed by atoms with van der Waals surface area (Å²) in [5.41, 5.74) is 13.4. The Bertz CT molecular complexity index is 2020. The Morgan fingerprint density at radius 3 is 2.71 bits per heavy atom. The Hall–Kier alpha value is -4.12. The van der Waals surface area contributed by atoms with Crippen molar-refractivity contribution < 1.29 is 29.5 Å². The summed E-state index contributed by atoms with van der Waals surface area (Å²) in [6, 6.07) is 19.2. The molecule has 4 aromatic rings. The minimum absolute atomic E-state index is 0.0994. The number of aliphatic hydroxyl groups excluding tert-OH is 2. The van der Waals surface area contributed by atoms with Crippen LogP contribution in [0.3, 0.4) is 0 Å². The summed E-state index contributed by atoms with van der Waals surface area (Å²) in [4.78, 5) is 0. The first-order valence-corrected chi connectivity index (χ1v) is 20.5. The maximum Gasteiger partial charge on any atom is 0.161 e. The van der Waals surface area contributed by atoms with Gasteiger partial charge < -0.3 is 45.1 Å². The van der Waals surface area contributed by atoms with Gasteiger partial charge in [-0.05, 0) is 109 Å². The maximum atomic E-state index is 11.3. The van der Waals surface area contributed by atoms with Gasteiger partial charge in [0.15, 0.2) is 11.5 Å². The van der Waals surface area contributed by atoms with Gasteiger partial charge in [-0.2, -0.15) is 0 Å². The third-order valence-electron chi connectivity index (χ3n) is 12.5. The van der Waals surface area contributed by atoms with Crippen LogP contribution in [0.2, 0.25) is 0 Å². The van der Waals surface area contributed by atoms with Crippen molar-refractivity contribution in [3.8, 4) is 11.5 Å². The Balaban J connectivity index is 1.21. The average Bonchev–Trinajstić information content (AvgIpc) is 3.64. The highest BCUT2D eigenvalue weighted by atomic mass is 16.5. The molecule has 4 heterocycles. The lowest BCUT2D eigenvalue weighted by molar-refractivity contribution is 0.00498. The number of nitrogens with zero attached hydrogens (tertiary/aromatic N) is 1. The molecule has 9 nitrogen and oxygen atoms in total. The van der Waals surface area contributed by atoms with E-state index in [1.165, 1.54) is 16.7 Å². The molecule has 6 N–H and O–H groups in total. The molecule has 55 heavy (non-hydrogen) atoms. The van der Waals surface area contributed by atoms with Gasteiger partial charge in [-0.1, -0.05) is 68.2 Å². The van der Waals surface area contributed by atoms with Crippen LogP contribution in [0.5, 0.6) is 11.5 Å². The first-order valence-electron chi connectivity index (χ1n) is 20.5.